The fourth-order valence-electron chi connectivity index (χ4n) is 1.85. The van der Waals surface area contributed by atoms with Crippen LogP contribution in [0.5, 0.6) is 0 Å². The third kappa shape index (κ3) is 2.83. The molecule has 4 heteroatoms. The van der Waals surface area contributed by atoms with Crippen molar-refractivity contribution in [1.29, 1.82) is 0 Å². The zero-order valence-corrected chi connectivity index (χ0v) is 8.50. The van der Waals surface area contributed by atoms with Gasteiger partial charge in [-0.25, -0.2) is 0 Å². The van der Waals surface area contributed by atoms with Crippen molar-refractivity contribution in [3.8, 4) is 0 Å². The van der Waals surface area contributed by atoms with E-state index in [9.17, 15) is 9.90 Å². The molecule has 0 saturated carbocycles. The van der Waals surface area contributed by atoms with Gasteiger partial charge in [0.05, 0.1) is 12.5 Å². The van der Waals surface area contributed by atoms with Crippen LogP contribution >= 0.6 is 0 Å². The summed E-state index contributed by atoms with van der Waals surface area (Å²) in [5, 5.41) is 9.40. The average molecular weight is 209 g/mol. The van der Waals surface area contributed by atoms with Gasteiger partial charge in [-0.3, -0.25) is 4.79 Å². The van der Waals surface area contributed by atoms with Crippen molar-refractivity contribution < 1.29 is 14.6 Å². The monoisotopic (exact) mass is 209 g/mol. The number of nitrogens with zero attached hydrogens (tertiary/aromatic N) is 1. The summed E-state index contributed by atoms with van der Waals surface area (Å²) in [5.74, 6) is -0.286. The lowest BCUT2D eigenvalue weighted by Gasteiger charge is -2.25. The minimum atomic E-state index is -0.527. The Morgan fingerprint density at radius 3 is 2.87 bits per heavy atom. The van der Waals surface area contributed by atoms with E-state index in [0.717, 1.165) is 13.0 Å². The van der Waals surface area contributed by atoms with E-state index in [1.54, 1.807) is 0 Å². The third-order valence-electron chi connectivity index (χ3n) is 2.61. The number of carbonyl (C=O) groups is 1. The number of carbonyl (C=O) groups excluding carboxylic acids is 1. The van der Waals surface area contributed by atoms with E-state index in [0.29, 0.717) is 6.42 Å². The summed E-state index contributed by atoms with van der Waals surface area (Å²) < 4.78 is 7.18. The molecule has 0 radical (unpaired) electrons. The standard InChI is InChI=1S/C11H15NO3/c13-9-7-10(15-11(14)8-9)3-6-12-4-1-2-5-12/h1-2,4-5,9-10,13H,3,6-8H2. The van der Waals surface area contributed by atoms with Crippen LogP contribution in [0.4, 0.5) is 0 Å². The molecule has 0 amide bonds. The summed E-state index contributed by atoms with van der Waals surface area (Å²) in [6.45, 7) is 0.817. The van der Waals surface area contributed by atoms with Gasteiger partial charge in [0, 0.05) is 31.8 Å². The molecule has 2 unspecified atom stereocenters. The van der Waals surface area contributed by atoms with Crippen molar-refractivity contribution in [2.24, 2.45) is 0 Å². The Bertz CT molecular complexity index is 321. The molecule has 1 aromatic rings. The molecule has 1 aliphatic heterocycles. The van der Waals surface area contributed by atoms with Gasteiger partial charge in [-0.2, -0.15) is 0 Å². The minimum Gasteiger partial charge on any atom is -0.462 e. The molecular weight excluding hydrogens is 194 g/mol. The fourth-order valence-corrected chi connectivity index (χ4v) is 1.85. The first-order chi connectivity index (χ1) is 7.24. The summed E-state index contributed by atoms with van der Waals surface area (Å²) in [4.78, 5) is 11.1. The second-order valence-corrected chi connectivity index (χ2v) is 3.92. The largest absolute Gasteiger partial charge is 0.462 e. The molecule has 0 aliphatic carbocycles. The Morgan fingerprint density at radius 2 is 2.20 bits per heavy atom. The highest BCUT2D eigenvalue weighted by Crippen LogP contribution is 2.18. The number of cyclic esters (lactones) is 1. The van der Waals surface area contributed by atoms with Gasteiger partial charge in [0.25, 0.3) is 0 Å². The normalized spacial score (nSPS) is 26.3. The Kier molecular flexibility index (Phi) is 3.06. The quantitative estimate of drug-likeness (QED) is 0.754. The lowest BCUT2D eigenvalue weighted by molar-refractivity contribution is -0.160. The maximum atomic E-state index is 11.1. The number of aliphatic hydroxyl groups excluding tert-OH is 1. The summed E-state index contributed by atoms with van der Waals surface area (Å²) in [6.07, 6.45) is 4.75. The first-order valence-electron chi connectivity index (χ1n) is 5.22. The van der Waals surface area contributed by atoms with Crippen LogP contribution in [0.15, 0.2) is 24.5 Å². The molecule has 4 nitrogen and oxygen atoms in total. The summed E-state index contributed by atoms with van der Waals surface area (Å²) in [6, 6.07) is 3.92. The van der Waals surface area contributed by atoms with E-state index >= 15 is 0 Å². The van der Waals surface area contributed by atoms with Gasteiger partial charge in [0.15, 0.2) is 0 Å². The number of hydrogen-bond acceptors (Lipinski definition) is 3. The number of aromatic nitrogens is 1. The van der Waals surface area contributed by atoms with Crippen molar-refractivity contribution in [1.82, 2.24) is 4.57 Å². The van der Waals surface area contributed by atoms with Crippen LogP contribution in [-0.2, 0) is 16.1 Å². The molecule has 1 aliphatic rings. The summed E-state index contributed by atoms with van der Waals surface area (Å²) in [7, 11) is 0. The zero-order valence-electron chi connectivity index (χ0n) is 8.50. The molecule has 82 valence electrons. The number of hydrogen-bond donors (Lipinski definition) is 1. The Hall–Kier alpha value is -1.29. The smallest absolute Gasteiger partial charge is 0.308 e. The topological polar surface area (TPSA) is 51.5 Å². The van der Waals surface area contributed by atoms with E-state index in [-0.39, 0.29) is 18.5 Å². The predicted octanol–water partition coefficient (Wildman–Crippen LogP) is 0.945. The summed E-state index contributed by atoms with van der Waals surface area (Å²) >= 11 is 0. The van der Waals surface area contributed by atoms with E-state index in [2.05, 4.69) is 0 Å². The molecule has 2 rings (SSSR count). The Labute approximate surface area is 88.5 Å². The second kappa shape index (κ2) is 4.49. The maximum absolute atomic E-state index is 11.1. The van der Waals surface area contributed by atoms with Crippen LogP contribution < -0.4 is 0 Å². The van der Waals surface area contributed by atoms with Crippen LogP contribution in [0.2, 0.25) is 0 Å². The highest BCUT2D eigenvalue weighted by Gasteiger charge is 2.26. The molecule has 2 atom stereocenters. The van der Waals surface area contributed by atoms with Gasteiger partial charge in [0.2, 0.25) is 0 Å². The highest BCUT2D eigenvalue weighted by atomic mass is 16.5. The Morgan fingerprint density at radius 1 is 1.47 bits per heavy atom. The molecule has 0 bridgehead atoms. The second-order valence-electron chi connectivity index (χ2n) is 3.92. The van der Waals surface area contributed by atoms with Crippen LogP contribution in [0.3, 0.4) is 0 Å². The number of ether oxygens (including phenoxy) is 1. The lowest BCUT2D eigenvalue weighted by Crippen LogP contribution is -2.33. The fraction of sp³-hybridized carbons (Fsp3) is 0.545. The minimum absolute atomic E-state index is 0.136. The van der Waals surface area contributed by atoms with Crippen molar-refractivity contribution in [3.05, 3.63) is 24.5 Å². The van der Waals surface area contributed by atoms with Crippen LogP contribution in [0.1, 0.15) is 19.3 Å². The SMILES string of the molecule is O=C1CC(O)CC(CCn2cccc2)O1. The molecule has 2 heterocycles. The van der Waals surface area contributed by atoms with Crippen LogP contribution in [-0.4, -0.2) is 27.9 Å². The van der Waals surface area contributed by atoms with Crippen molar-refractivity contribution >= 4 is 5.97 Å². The van der Waals surface area contributed by atoms with Crippen LogP contribution in [0, 0.1) is 0 Å². The van der Waals surface area contributed by atoms with E-state index in [4.69, 9.17) is 4.74 Å². The predicted molar refractivity (Wildman–Crippen MR) is 54.2 cm³/mol. The molecule has 1 saturated heterocycles. The first-order valence-corrected chi connectivity index (χ1v) is 5.22. The molecule has 0 aromatic carbocycles. The van der Waals surface area contributed by atoms with Gasteiger partial charge in [-0.15, -0.1) is 0 Å². The number of esters is 1. The van der Waals surface area contributed by atoms with Gasteiger partial charge >= 0.3 is 5.97 Å². The van der Waals surface area contributed by atoms with Gasteiger partial charge in [-0.05, 0) is 12.1 Å². The van der Waals surface area contributed by atoms with Gasteiger partial charge in [-0.1, -0.05) is 0 Å². The van der Waals surface area contributed by atoms with Gasteiger partial charge < -0.3 is 14.4 Å². The summed E-state index contributed by atoms with van der Waals surface area (Å²) in [5.41, 5.74) is 0. The van der Waals surface area contributed by atoms with E-state index in [1.807, 2.05) is 29.1 Å². The van der Waals surface area contributed by atoms with E-state index in [1.165, 1.54) is 0 Å². The first kappa shape index (κ1) is 10.2. The third-order valence-corrected chi connectivity index (χ3v) is 2.61. The van der Waals surface area contributed by atoms with E-state index < -0.39 is 6.10 Å². The number of rotatable bonds is 3. The molecular formula is C11H15NO3. The molecule has 15 heavy (non-hydrogen) atoms. The zero-order chi connectivity index (χ0) is 10.7. The highest BCUT2D eigenvalue weighted by molar-refractivity contribution is 5.70. The number of aryl methyl sites for hydroxylation is 1. The molecule has 1 aromatic heterocycles. The van der Waals surface area contributed by atoms with Gasteiger partial charge in [0.1, 0.15) is 6.10 Å². The average Bonchev–Trinajstić information content (AvgIpc) is 2.65. The van der Waals surface area contributed by atoms with Crippen molar-refractivity contribution in [3.63, 3.8) is 0 Å². The number of aliphatic hydroxyl groups is 1. The molecule has 1 N–H and O–H groups in total. The lowest BCUT2D eigenvalue weighted by atomic mass is 10.0. The molecule has 1 fully saturated rings. The van der Waals surface area contributed by atoms with Crippen molar-refractivity contribution in [2.75, 3.05) is 0 Å². The van der Waals surface area contributed by atoms with Crippen LogP contribution in [0.25, 0.3) is 0 Å². The molecule has 0 spiro atoms. The Balaban J connectivity index is 1.81. The van der Waals surface area contributed by atoms with Crippen molar-refractivity contribution in [2.45, 2.75) is 38.0 Å². The maximum Gasteiger partial charge on any atom is 0.308 e.